The maximum absolute atomic E-state index is 11.1. The molecule has 6 nitrogen and oxygen atoms in total. The van der Waals surface area contributed by atoms with Gasteiger partial charge in [-0.25, -0.2) is 4.79 Å². The molecule has 0 spiro atoms. The summed E-state index contributed by atoms with van der Waals surface area (Å²) in [6.45, 7) is 2.58. The highest BCUT2D eigenvalue weighted by molar-refractivity contribution is 5.77. The Morgan fingerprint density at radius 3 is 3.00 bits per heavy atom. The first kappa shape index (κ1) is 12.6. The molecule has 1 heterocycles. The third-order valence-electron chi connectivity index (χ3n) is 2.73. The largest absolute Gasteiger partial charge is 0.480 e. The molecule has 0 bridgehead atoms. The van der Waals surface area contributed by atoms with Crippen LogP contribution in [-0.4, -0.2) is 33.7 Å². The van der Waals surface area contributed by atoms with Crippen molar-refractivity contribution in [2.45, 2.75) is 32.2 Å². The van der Waals surface area contributed by atoms with E-state index in [1.165, 1.54) is 12.4 Å². The molecule has 6 heteroatoms. The lowest BCUT2D eigenvalue weighted by atomic mass is 10.2. The first-order valence-electron chi connectivity index (χ1n) is 6.15. The Balaban J connectivity index is 2.01. The van der Waals surface area contributed by atoms with Crippen LogP contribution in [0.15, 0.2) is 12.4 Å². The van der Waals surface area contributed by atoms with Crippen LogP contribution in [0.1, 0.15) is 26.2 Å². The van der Waals surface area contributed by atoms with Gasteiger partial charge in [-0.15, -0.1) is 0 Å². The third kappa shape index (κ3) is 3.32. The first-order chi connectivity index (χ1) is 8.70. The second-order valence-electron chi connectivity index (χ2n) is 4.39. The SMILES string of the molecule is CCCOc1cncc(NC(C(=O)O)C2CC2)n1. The molecule has 0 aromatic carbocycles. The Kier molecular flexibility index (Phi) is 3.96. The van der Waals surface area contributed by atoms with E-state index in [1.807, 2.05) is 6.92 Å². The lowest BCUT2D eigenvalue weighted by Crippen LogP contribution is -2.31. The summed E-state index contributed by atoms with van der Waals surface area (Å²) in [6, 6.07) is -0.583. The maximum atomic E-state index is 11.1. The van der Waals surface area contributed by atoms with Crippen molar-refractivity contribution in [2.24, 2.45) is 5.92 Å². The standard InChI is InChI=1S/C12H17N3O3/c1-2-5-18-10-7-13-6-9(14-10)15-11(12(16)17)8-3-4-8/h6-8,11H,2-5H2,1H3,(H,14,15)(H,16,17). The van der Waals surface area contributed by atoms with E-state index in [1.54, 1.807) is 0 Å². The van der Waals surface area contributed by atoms with E-state index in [2.05, 4.69) is 15.3 Å². The molecule has 1 aliphatic rings. The van der Waals surface area contributed by atoms with Crippen LogP contribution in [0.4, 0.5) is 5.82 Å². The Hall–Kier alpha value is -1.85. The summed E-state index contributed by atoms with van der Waals surface area (Å²) in [5, 5.41) is 12.0. The number of nitrogens with zero attached hydrogens (tertiary/aromatic N) is 2. The molecule has 1 saturated carbocycles. The molecule has 18 heavy (non-hydrogen) atoms. The minimum absolute atomic E-state index is 0.199. The van der Waals surface area contributed by atoms with Gasteiger partial charge < -0.3 is 15.2 Å². The number of aromatic nitrogens is 2. The number of carboxylic acids is 1. The quantitative estimate of drug-likeness (QED) is 0.764. The summed E-state index contributed by atoms with van der Waals surface area (Å²) in [7, 11) is 0. The van der Waals surface area contributed by atoms with Gasteiger partial charge in [0.2, 0.25) is 5.88 Å². The van der Waals surface area contributed by atoms with Crippen molar-refractivity contribution < 1.29 is 14.6 Å². The van der Waals surface area contributed by atoms with Gasteiger partial charge in [0.25, 0.3) is 0 Å². The third-order valence-corrected chi connectivity index (χ3v) is 2.73. The number of rotatable bonds is 7. The van der Waals surface area contributed by atoms with Crippen molar-refractivity contribution in [1.82, 2.24) is 9.97 Å². The summed E-state index contributed by atoms with van der Waals surface area (Å²) >= 11 is 0. The molecule has 0 saturated heterocycles. The Morgan fingerprint density at radius 2 is 2.39 bits per heavy atom. The summed E-state index contributed by atoms with van der Waals surface area (Å²) < 4.78 is 5.35. The second kappa shape index (κ2) is 5.66. The average Bonchev–Trinajstić information content (AvgIpc) is 3.18. The predicted molar refractivity (Wildman–Crippen MR) is 65.6 cm³/mol. The lowest BCUT2D eigenvalue weighted by Gasteiger charge is -2.14. The highest BCUT2D eigenvalue weighted by atomic mass is 16.5. The topological polar surface area (TPSA) is 84.3 Å². The molecule has 2 rings (SSSR count). The number of aliphatic carboxylic acids is 1. The second-order valence-corrected chi connectivity index (χ2v) is 4.39. The normalized spacial score (nSPS) is 16.1. The van der Waals surface area contributed by atoms with Crippen LogP contribution in [0.2, 0.25) is 0 Å². The van der Waals surface area contributed by atoms with E-state index in [-0.39, 0.29) is 5.92 Å². The number of hydrogen-bond acceptors (Lipinski definition) is 5. The average molecular weight is 251 g/mol. The molecule has 98 valence electrons. The van der Waals surface area contributed by atoms with Crippen molar-refractivity contribution in [2.75, 3.05) is 11.9 Å². The van der Waals surface area contributed by atoms with Gasteiger partial charge in [-0.1, -0.05) is 6.92 Å². The van der Waals surface area contributed by atoms with Crippen molar-refractivity contribution >= 4 is 11.8 Å². The number of hydrogen-bond donors (Lipinski definition) is 2. The van der Waals surface area contributed by atoms with Crippen molar-refractivity contribution in [3.05, 3.63) is 12.4 Å². The van der Waals surface area contributed by atoms with Crippen LogP contribution in [0, 0.1) is 5.92 Å². The van der Waals surface area contributed by atoms with Gasteiger partial charge in [-0.05, 0) is 25.2 Å². The van der Waals surface area contributed by atoms with Crippen LogP contribution in [-0.2, 0) is 4.79 Å². The van der Waals surface area contributed by atoms with Gasteiger partial charge >= 0.3 is 5.97 Å². The van der Waals surface area contributed by atoms with Gasteiger partial charge in [0, 0.05) is 0 Å². The highest BCUT2D eigenvalue weighted by Crippen LogP contribution is 2.34. The first-order valence-corrected chi connectivity index (χ1v) is 6.15. The van der Waals surface area contributed by atoms with Gasteiger partial charge in [0.1, 0.15) is 11.9 Å². The van der Waals surface area contributed by atoms with E-state index < -0.39 is 12.0 Å². The predicted octanol–water partition coefficient (Wildman–Crippen LogP) is 1.54. The van der Waals surface area contributed by atoms with Gasteiger partial charge in [-0.2, -0.15) is 4.98 Å². The van der Waals surface area contributed by atoms with Crippen LogP contribution >= 0.6 is 0 Å². The molecule has 1 aliphatic carbocycles. The molecule has 1 aromatic heterocycles. The number of carboxylic acid groups (broad SMARTS) is 1. The zero-order valence-electron chi connectivity index (χ0n) is 10.3. The fraction of sp³-hybridized carbons (Fsp3) is 0.583. The van der Waals surface area contributed by atoms with Crippen molar-refractivity contribution in [3.8, 4) is 5.88 Å². The zero-order chi connectivity index (χ0) is 13.0. The van der Waals surface area contributed by atoms with Gasteiger partial charge in [-0.3, -0.25) is 4.98 Å². The molecule has 1 fully saturated rings. The molecule has 0 amide bonds. The Bertz CT molecular complexity index is 421. The molecular formula is C12H17N3O3. The van der Waals surface area contributed by atoms with Crippen LogP contribution in [0.3, 0.4) is 0 Å². The Labute approximate surface area is 105 Å². The number of anilines is 1. The van der Waals surface area contributed by atoms with Gasteiger partial charge in [0.05, 0.1) is 19.0 Å². The summed E-state index contributed by atoms with van der Waals surface area (Å²) in [6.07, 6.45) is 5.82. The number of nitrogens with one attached hydrogen (secondary N) is 1. The van der Waals surface area contributed by atoms with Crippen LogP contribution in [0.5, 0.6) is 5.88 Å². The minimum atomic E-state index is -0.848. The van der Waals surface area contributed by atoms with E-state index >= 15 is 0 Å². The van der Waals surface area contributed by atoms with E-state index in [0.29, 0.717) is 18.3 Å². The Morgan fingerprint density at radius 1 is 1.61 bits per heavy atom. The minimum Gasteiger partial charge on any atom is -0.480 e. The molecule has 1 unspecified atom stereocenters. The fourth-order valence-electron chi connectivity index (χ4n) is 1.66. The maximum Gasteiger partial charge on any atom is 0.326 e. The molecule has 1 atom stereocenters. The summed E-state index contributed by atoms with van der Waals surface area (Å²) in [5.41, 5.74) is 0. The highest BCUT2D eigenvalue weighted by Gasteiger charge is 2.36. The summed E-state index contributed by atoms with van der Waals surface area (Å²) in [5.74, 6) is 0.216. The molecule has 0 radical (unpaired) electrons. The monoisotopic (exact) mass is 251 g/mol. The van der Waals surface area contributed by atoms with E-state index in [9.17, 15) is 4.79 Å². The van der Waals surface area contributed by atoms with Gasteiger partial charge in [0.15, 0.2) is 0 Å². The zero-order valence-corrected chi connectivity index (χ0v) is 10.3. The molecule has 2 N–H and O–H groups in total. The van der Waals surface area contributed by atoms with E-state index in [4.69, 9.17) is 9.84 Å². The van der Waals surface area contributed by atoms with Crippen LogP contribution < -0.4 is 10.1 Å². The van der Waals surface area contributed by atoms with E-state index in [0.717, 1.165) is 19.3 Å². The fourth-order valence-corrected chi connectivity index (χ4v) is 1.66. The smallest absolute Gasteiger partial charge is 0.326 e. The molecule has 1 aromatic rings. The lowest BCUT2D eigenvalue weighted by molar-refractivity contribution is -0.138. The van der Waals surface area contributed by atoms with Crippen molar-refractivity contribution in [3.63, 3.8) is 0 Å². The van der Waals surface area contributed by atoms with Crippen molar-refractivity contribution in [1.29, 1.82) is 0 Å². The molecule has 0 aliphatic heterocycles. The number of carbonyl (C=O) groups is 1. The summed E-state index contributed by atoms with van der Waals surface area (Å²) in [4.78, 5) is 19.3. The van der Waals surface area contributed by atoms with Crippen LogP contribution in [0.25, 0.3) is 0 Å². The molecular weight excluding hydrogens is 234 g/mol. The number of ether oxygens (including phenoxy) is 1.